The summed E-state index contributed by atoms with van der Waals surface area (Å²) in [6.45, 7) is 0. The van der Waals surface area contributed by atoms with Gasteiger partial charge in [-0.05, 0) is 12.1 Å². The van der Waals surface area contributed by atoms with Crippen molar-refractivity contribution < 1.29 is 13.9 Å². The zero-order chi connectivity index (χ0) is 11.0. The number of nitrogens with zero attached hydrogens (tertiary/aromatic N) is 1. The topological polar surface area (TPSA) is 74.9 Å². The summed E-state index contributed by atoms with van der Waals surface area (Å²) in [5.74, 6) is -2.88. The minimum Gasteiger partial charge on any atom is -0.503 e. The first-order valence-corrected chi connectivity index (χ1v) is 4.08. The molecule has 2 rings (SSSR count). The summed E-state index contributed by atoms with van der Waals surface area (Å²) in [6.07, 6.45) is 0. The van der Waals surface area contributed by atoms with E-state index in [1.54, 1.807) is 0 Å². The number of anilines is 1. The molecule has 0 aliphatic rings. The van der Waals surface area contributed by atoms with Gasteiger partial charge in [-0.3, -0.25) is 5.10 Å². The highest BCUT2D eigenvalue weighted by molar-refractivity contribution is 5.64. The number of aromatic nitrogens is 2. The quantitative estimate of drug-likeness (QED) is 0.671. The average molecular weight is 211 g/mol. The van der Waals surface area contributed by atoms with E-state index in [0.29, 0.717) is 0 Å². The van der Waals surface area contributed by atoms with E-state index in [0.717, 1.165) is 6.07 Å². The lowest BCUT2D eigenvalue weighted by Crippen LogP contribution is -1.88. The van der Waals surface area contributed by atoms with Gasteiger partial charge < -0.3 is 10.8 Å². The number of phenolic OH excluding ortho intramolecular Hbond substituents is 1. The molecule has 0 atom stereocenters. The zero-order valence-corrected chi connectivity index (χ0v) is 7.46. The number of hydrogen-bond acceptors (Lipinski definition) is 3. The molecule has 6 heteroatoms. The normalized spacial score (nSPS) is 10.5. The highest BCUT2D eigenvalue weighted by atomic mass is 19.1. The molecule has 1 heterocycles. The van der Waals surface area contributed by atoms with Crippen molar-refractivity contribution in [2.24, 2.45) is 0 Å². The van der Waals surface area contributed by atoms with Gasteiger partial charge in [-0.2, -0.15) is 5.10 Å². The number of aromatic amines is 1. The molecule has 15 heavy (non-hydrogen) atoms. The Morgan fingerprint density at radius 2 is 2.07 bits per heavy atom. The third kappa shape index (κ3) is 1.50. The van der Waals surface area contributed by atoms with Crippen LogP contribution < -0.4 is 5.73 Å². The van der Waals surface area contributed by atoms with Crippen molar-refractivity contribution in [1.29, 1.82) is 0 Å². The predicted octanol–water partition coefficient (Wildman–Crippen LogP) is 1.64. The lowest BCUT2D eigenvalue weighted by atomic mass is 10.1. The van der Waals surface area contributed by atoms with Gasteiger partial charge in [0.2, 0.25) is 0 Å². The van der Waals surface area contributed by atoms with Gasteiger partial charge in [-0.25, -0.2) is 8.78 Å². The van der Waals surface area contributed by atoms with E-state index in [-0.39, 0.29) is 17.1 Å². The largest absolute Gasteiger partial charge is 0.503 e. The highest BCUT2D eigenvalue weighted by Gasteiger charge is 2.14. The van der Waals surface area contributed by atoms with Crippen LogP contribution in [-0.2, 0) is 0 Å². The first kappa shape index (κ1) is 9.45. The lowest BCUT2D eigenvalue weighted by molar-refractivity contribution is 0.397. The van der Waals surface area contributed by atoms with Crippen LogP contribution in [0, 0.1) is 11.6 Å². The molecule has 0 saturated carbocycles. The monoisotopic (exact) mass is 211 g/mol. The molecule has 0 radical (unpaired) electrons. The number of benzene rings is 1. The molecule has 0 saturated heterocycles. The van der Waals surface area contributed by atoms with Crippen molar-refractivity contribution in [3.05, 3.63) is 29.8 Å². The van der Waals surface area contributed by atoms with E-state index in [1.165, 1.54) is 12.1 Å². The minimum atomic E-state index is -1.04. The van der Waals surface area contributed by atoms with Crippen molar-refractivity contribution in [1.82, 2.24) is 10.2 Å². The smallest absolute Gasteiger partial charge is 0.188 e. The summed E-state index contributed by atoms with van der Waals surface area (Å²) in [7, 11) is 0. The second-order valence-corrected chi connectivity index (χ2v) is 2.96. The van der Waals surface area contributed by atoms with Crippen molar-refractivity contribution in [2.45, 2.75) is 0 Å². The van der Waals surface area contributed by atoms with Crippen molar-refractivity contribution in [2.75, 3.05) is 5.73 Å². The van der Waals surface area contributed by atoms with Crippen LogP contribution >= 0.6 is 0 Å². The van der Waals surface area contributed by atoms with Gasteiger partial charge in [0.15, 0.2) is 17.4 Å². The number of phenols is 1. The number of hydrogen-bond donors (Lipinski definition) is 3. The minimum absolute atomic E-state index is 0.0121. The summed E-state index contributed by atoms with van der Waals surface area (Å²) >= 11 is 0. The third-order valence-corrected chi connectivity index (χ3v) is 1.95. The van der Waals surface area contributed by atoms with Crippen molar-refractivity contribution >= 4 is 5.82 Å². The van der Waals surface area contributed by atoms with E-state index in [4.69, 9.17) is 10.8 Å². The molecule has 4 N–H and O–H groups in total. The van der Waals surface area contributed by atoms with Crippen LogP contribution in [0.3, 0.4) is 0 Å². The Morgan fingerprint density at radius 3 is 2.67 bits per heavy atom. The Labute approximate surface area is 83.4 Å². The maximum absolute atomic E-state index is 13.4. The number of rotatable bonds is 1. The van der Waals surface area contributed by atoms with Crippen LogP contribution in [0.4, 0.5) is 14.6 Å². The van der Waals surface area contributed by atoms with Gasteiger partial charge in [0.1, 0.15) is 5.82 Å². The van der Waals surface area contributed by atoms with Crippen LogP contribution in [0.25, 0.3) is 11.3 Å². The molecule has 2 aromatic rings. The first-order chi connectivity index (χ1) is 7.09. The molecular formula is C9H7F2N3O. The Bertz CT molecular complexity index is 510. The zero-order valence-electron chi connectivity index (χ0n) is 7.46. The van der Waals surface area contributed by atoms with Gasteiger partial charge in [0.25, 0.3) is 0 Å². The second kappa shape index (κ2) is 3.23. The van der Waals surface area contributed by atoms with Crippen LogP contribution in [0.1, 0.15) is 0 Å². The predicted molar refractivity (Wildman–Crippen MR) is 50.0 cm³/mol. The van der Waals surface area contributed by atoms with Gasteiger partial charge in [-0.15, -0.1) is 0 Å². The van der Waals surface area contributed by atoms with E-state index >= 15 is 0 Å². The number of H-pyrrole nitrogens is 1. The van der Waals surface area contributed by atoms with Crippen LogP contribution in [0.5, 0.6) is 5.75 Å². The molecule has 78 valence electrons. The Kier molecular flexibility index (Phi) is 2.03. The molecule has 0 bridgehead atoms. The van der Waals surface area contributed by atoms with E-state index < -0.39 is 17.4 Å². The summed E-state index contributed by atoms with van der Waals surface area (Å²) in [6, 6.07) is 3.54. The Balaban J connectivity index is 2.59. The standard InChI is InChI=1S/C9H7F2N3O/c10-5-2-1-4(8(11)9(5)15)6-3-7(12)14-13-6/h1-3,15H,(H3,12,13,14). The second-order valence-electron chi connectivity index (χ2n) is 2.96. The molecular weight excluding hydrogens is 204 g/mol. The molecule has 0 spiro atoms. The third-order valence-electron chi connectivity index (χ3n) is 1.95. The van der Waals surface area contributed by atoms with E-state index in [9.17, 15) is 8.78 Å². The number of nitrogen functional groups attached to an aromatic ring is 1. The van der Waals surface area contributed by atoms with Crippen molar-refractivity contribution in [3.8, 4) is 17.0 Å². The van der Waals surface area contributed by atoms with Gasteiger partial charge in [-0.1, -0.05) is 0 Å². The summed E-state index contributed by atoms with van der Waals surface area (Å²) in [5.41, 5.74) is 5.62. The Hall–Kier alpha value is -2.11. The lowest BCUT2D eigenvalue weighted by Gasteiger charge is -2.02. The molecule has 4 nitrogen and oxygen atoms in total. The van der Waals surface area contributed by atoms with Gasteiger partial charge >= 0.3 is 0 Å². The van der Waals surface area contributed by atoms with E-state index in [2.05, 4.69) is 10.2 Å². The van der Waals surface area contributed by atoms with Gasteiger partial charge in [0, 0.05) is 11.6 Å². The fourth-order valence-electron chi connectivity index (χ4n) is 1.22. The molecule has 1 aromatic carbocycles. The first-order valence-electron chi connectivity index (χ1n) is 4.08. The number of nitrogens with one attached hydrogen (secondary N) is 1. The molecule has 0 unspecified atom stereocenters. The average Bonchev–Trinajstić information content (AvgIpc) is 2.61. The van der Waals surface area contributed by atoms with Crippen LogP contribution in [-0.4, -0.2) is 15.3 Å². The molecule has 0 amide bonds. The highest BCUT2D eigenvalue weighted by Crippen LogP contribution is 2.29. The SMILES string of the molecule is Nc1cc(-c2ccc(F)c(O)c2F)[nH]n1. The summed E-state index contributed by atoms with van der Waals surface area (Å²) in [5, 5.41) is 15.1. The molecule has 1 aromatic heterocycles. The molecule has 0 aliphatic carbocycles. The van der Waals surface area contributed by atoms with E-state index in [1.807, 2.05) is 0 Å². The Morgan fingerprint density at radius 1 is 1.33 bits per heavy atom. The number of halogens is 2. The van der Waals surface area contributed by atoms with Crippen molar-refractivity contribution in [3.63, 3.8) is 0 Å². The number of nitrogens with two attached hydrogens (primary N) is 1. The van der Waals surface area contributed by atoms with Gasteiger partial charge in [0.05, 0.1) is 5.69 Å². The van der Waals surface area contributed by atoms with Crippen LogP contribution in [0.2, 0.25) is 0 Å². The molecule has 0 aliphatic heterocycles. The fourth-order valence-corrected chi connectivity index (χ4v) is 1.22. The van der Waals surface area contributed by atoms with Crippen LogP contribution in [0.15, 0.2) is 18.2 Å². The maximum atomic E-state index is 13.4. The summed E-state index contributed by atoms with van der Waals surface area (Å²) < 4.78 is 26.1. The summed E-state index contributed by atoms with van der Waals surface area (Å²) in [4.78, 5) is 0. The maximum Gasteiger partial charge on any atom is 0.188 e. The fraction of sp³-hybridized carbons (Fsp3) is 0. The molecule has 0 fully saturated rings. The number of aromatic hydroxyl groups is 1.